The number of carbonyl (C=O) groups excluding carboxylic acids is 2. The van der Waals surface area contributed by atoms with Crippen molar-refractivity contribution in [2.75, 3.05) is 13.1 Å². The largest absolute Gasteiger partial charge is 0.355 e. The van der Waals surface area contributed by atoms with Crippen LogP contribution in [0.25, 0.3) is 11.3 Å². The third-order valence-electron chi connectivity index (χ3n) is 4.13. The molecule has 6 nitrogen and oxygen atoms in total. The van der Waals surface area contributed by atoms with Crippen molar-refractivity contribution in [2.45, 2.75) is 25.8 Å². The number of halogens is 1. The average Bonchev–Trinajstić information content (AvgIpc) is 3.05. The normalized spacial score (nSPS) is 15.3. The number of hydrogen-bond acceptors (Lipinski definition) is 4. The molecule has 2 amide bonds. The molecule has 24 heavy (non-hydrogen) atoms. The highest BCUT2D eigenvalue weighted by Gasteiger charge is 2.23. The van der Waals surface area contributed by atoms with E-state index in [4.69, 9.17) is 16.1 Å². The maximum absolute atomic E-state index is 12.3. The summed E-state index contributed by atoms with van der Waals surface area (Å²) < 4.78 is 5.24. The lowest BCUT2D eigenvalue weighted by atomic mass is 10.0. The highest BCUT2D eigenvalue weighted by Crippen LogP contribution is 2.23. The van der Waals surface area contributed by atoms with Crippen LogP contribution in [0.15, 0.2) is 34.9 Å². The second kappa shape index (κ2) is 7.05. The summed E-state index contributed by atoms with van der Waals surface area (Å²) in [6, 6.07) is 8.81. The molecule has 1 N–H and O–H groups in total. The van der Waals surface area contributed by atoms with Crippen molar-refractivity contribution in [3.8, 4) is 11.3 Å². The Labute approximate surface area is 144 Å². The maximum atomic E-state index is 12.3. The number of rotatable bonds is 3. The van der Waals surface area contributed by atoms with Crippen LogP contribution in [0.5, 0.6) is 0 Å². The third-order valence-corrected chi connectivity index (χ3v) is 4.36. The van der Waals surface area contributed by atoms with E-state index in [0.29, 0.717) is 23.9 Å². The van der Waals surface area contributed by atoms with Gasteiger partial charge in [-0.2, -0.15) is 0 Å². The molecule has 7 heteroatoms. The summed E-state index contributed by atoms with van der Waals surface area (Å²) in [7, 11) is 0. The Hall–Kier alpha value is -2.34. The minimum absolute atomic E-state index is 0.0411. The van der Waals surface area contributed by atoms with Crippen LogP contribution in [0.1, 0.15) is 30.3 Å². The summed E-state index contributed by atoms with van der Waals surface area (Å²) in [6.45, 7) is 2.88. The van der Waals surface area contributed by atoms with E-state index in [2.05, 4.69) is 10.5 Å². The van der Waals surface area contributed by atoms with Gasteiger partial charge in [-0.05, 0) is 25.0 Å². The molecule has 0 atom stereocenters. The molecule has 1 saturated heterocycles. The van der Waals surface area contributed by atoms with Gasteiger partial charge in [0.1, 0.15) is 0 Å². The fourth-order valence-electron chi connectivity index (χ4n) is 2.76. The van der Waals surface area contributed by atoms with Gasteiger partial charge in [0, 0.05) is 42.7 Å². The lowest BCUT2D eigenvalue weighted by Gasteiger charge is -2.31. The number of nitrogens with zero attached hydrogens (tertiary/aromatic N) is 2. The first-order valence-electron chi connectivity index (χ1n) is 7.82. The zero-order chi connectivity index (χ0) is 17.1. The van der Waals surface area contributed by atoms with Gasteiger partial charge in [-0.1, -0.05) is 28.9 Å². The molecule has 1 aromatic heterocycles. The van der Waals surface area contributed by atoms with Crippen LogP contribution in [-0.2, 0) is 4.79 Å². The fraction of sp³-hybridized carbons (Fsp3) is 0.353. The number of nitrogens with one attached hydrogen (secondary N) is 1. The minimum atomic E-state index is -0.270. The Morgan fingerprint density at radius 1 is 1.29 bits per heavy atom. The van der Waals surface area contributed by atoms with E-state index in [1.165, 1.54) is 0 Å². The van der Waals surface area contributed by atoms with Crippen LogP contribution < -0.4 is 5.32 Å². The van der Waals surface area contributed by atoms with Gasteiger partial charge in [-0.15, -0.1) is 0 Å². The first kappa shape index (κ1) is 16.5. The Balaban J connectivity index is 1.61. The highest BCUT2D eigenvalue weighted by atomic mass is 35.5. The molecule has 0 unspecified atom stereocenters. The van der Waals surface area contributed by atoms with Crippen LogP contribution in [0.4, 0.5) is 0 Å². The summed E-state index contributed by atoms with van der Waals surface area (Å²) in [4.78, 5) is 25.4. The van der Waals surface area contributed by atoms with Crippen LogP contribution >= 0.6 is 11.6 Å². The molecule has 0 spiro atoms. The lowest BCUT2D eigenvalue weighted by Crippen LogP contribution is -2.46. The van der Waals surface area contributed by atoms with E-state index in [-0.39, 0.29) is 23.6 Å². The Bertz CT molecular complexity index is 751. The van der Waals surface area contributed by atoms with Crippen molar-refractivity contribution in [3.63, 3.8) is 0 Å². The number of aromatic nitrogens is 1. The van der Waals surface area contributed by atoms with Crippen molar-refractivity contribution >= 4 is 23.4 Å². The highest BCUT2D eigenvalue weighted by molar-refractivity contribution is 6.30. The average molecular weight is 348 g/mol. The molecular weight excluding hydrogens is 330 g/mol. The number of amides is 2. The monoisotopic (exact) mass is 347 g/mol. The van der Waals surface area contributed by atoms with Crippen molar-refractivity contribution in [1.82, 2.24) is 15.4 Å². The van der Waals surface area contributed by atoms with E-state index >= 15 is 0 Å². The number of piperidine rings is 1. The Morgan fingerprint density at radius 2 is 2.04 bits per heavy atom. The van der Waals surface area contributed by atoms with Gasteiger partial charge in [0.05, 0.1) is 0 Å². The molecule has 0 bridgehead atoms. The quantitative estimate of drug-likeness (QED) is 0.926. The lowest BCUT2D eigenvalue weighted by molar-refractivity contribution is -0.129. The van der Waals surface area contributed by atoms with Crippen LogP contribution in [0.2, 0.25) is 5.02 Å². The Kier molecular flexibility index (Phi) is 4.85. The fourth-order valence-corrected chi connectivity index (χ4v) is 2.95. The van der Waals surface area contributed by atoms with Gasteiger partial charge in [-0.3, -0.25) is 9.59 Å². The molecule has 1 aromatic carbocycles. The minimum Gasteiger partial charge on any atom is -0.355 e. The van der Waals surface area contributed by atoms with E-state index in [1.54, 1.807) is 30.0 Å². The predicted molar refractivity (Wildman–Crippen MR) is 89.7 cm³/mol. The second-order valence-corrected chi connectivity index (χ2v) is 6.28. The molecule has 2 aromatic rings. The summed E-state index contributed by atoms with van der Waals surface area (Å²) in [5, 5.41) is 7.37. The number of benzene rings is 1. The van der Waals surface area contributed by atoms with E-state index < -0.39 is 0 Å². The first-order valence-corrected chi connectivity index (χ1v) is 8.20. The number of hydrogen-bond donors (Lipinski definition) is 1. The van der Waals surface area contributed by atoms with Crippen molar-refractivity contribution in [1.29, 1.82) is 0 Å². The van der Waals surface area contributed by atoms with Crippen molar-refractivity contribution in [3.05, 3.63) is 41.0 Å². The zero-order valence-corrected chi connectivity index (χ0v) is 14.0. The topological polar surface area (TPSA) is 75.4 Å². The molecule has 0 aliphatic carbocycles. The standard InChI is InChI=1S/C17H18ClN3O3/c1-11(22)21-7-5-14(6-8-21)19-17(23)15-10-16(24-20-15)12-3-2-4-13(18)9-12/h2-4,9-10,14H,5-8H2,1H3,(H,19,23). The maximum Gasteiger partial charge on any atom is 0.273 e. The van der Waals surface area contributed by atoms with Crippen molar-refractivity contribution < 1.29 is 14.1 Å². The van der Waals surface area contributed by atoms with Crippen molar-refractivity contribution in [2.24, 2.45) is 0 Å². The molecule has 3 rings (SSSR count). The molecule has 0 radical (unpaired) electrons. The molecule has 1 aliphatic heterocycles. The van der Waals surface area contributed by atoms with Gasteiger partial charge in [0.25, 0.3) is 5.91 Å². The van der Waals surface area contributed by atoms with Crippen LogP contribution in [0.3, 0.4) is 0 Å². The summed E-state index contributed by atoms with van der Waals surface area (Å²) in [5.74, 6) is 0.296. The van der Waals surface area contributed by atoms with Gasteiger partial charge in [0.2, 0.25) is 5.91 Å². The van der Waals surface area contributed by atoms with E-state index in [1.807, 2.05) is 12.1 Å². The van der Waals surface area contributed by atoms with Gasteiger partial charge >= 0.3 is 0 Å². The zero-order valence-electron chi connectivity index (χ0n) is 13.3. The molecule has 0 saturated carbocycles. The first-order chi connectivity index (χ1) is 11.5. The molecule has 126 valence electrons. The molecule has 2 heterocycles. The third kappa shape index (κ3) is 3.76. The van der Waals surface area contributed by atoms with Crippen LogP contribution in [0, 0.1) is 0 Å². The summed E-state index contributed by atoms with van der Waals surface area (Å²) >= 11 is 5.96. The second-order valence-electron chi connectivity index (χ2n) is 5.84. The molecule has 1 fully saturated rings. The molecule has 1 aliphatic rings. The predicted octanol–water partition coefficient (Wildman–Crippen LogP) is 2.74. The van der Waals surface area contributed by atoms with Gasteiger partial charge < -0.3 is 14.7 Å². The number of carbonyl (C=O) groups is 2. The van der Waals surface area contributed by atoms with Gasteiger partial charge in [0.15, 0.2) is 11.5 Å². The van der Waals surface area contributed by atoms with E-state index in [0.717, 1.165) is 18.4 Å². The van der Waals surface area contributed by atoms with Crippen LogP contribution in [-0.4, -0.2) is 41.0 Å². The Morgan fingerprint density at radius 3 is 2.71 bits per heavy atom. The summed E-state index contributed by atoms with van der Waals surface area (Å²) in [5.41, 5.74) is 1.00. The SMILES string of the molecule is CC(=O)N1CCC(NC(=O)c2cc(-c3cccc(Cl)c3)on2)CC1. The molecular formula is C17H18ClN3O3. The number of likely N-dealkylation sites (tertiary alicyclic amines) is 1. The smallest absolute Gasteiger partial charge is 0.273 e. The van der Waals surface area contributed by atoms with E-state index in [9.17, 15) is 9.59 Å². The van der Waals surface area contributed by atoms with Gasteiger partial charge in [-0.25, -0.2) is 0 Å². The summed E-state index contributed by atoms with van der Waals surface area (Å²) in [6.07, 6.45) is 1.48.